The minimum Gasteiger partial charge on any atom is -0.494 e. The fourth-order valence-electron chi connectivity index (χ4n) is 4.54. The molecule has 210 valence electrons. The van der Waals surface area contributed by atoms with Crippen molar-refractivity contribution in [3.63, 3.8) is 0 Å². The number of carbonyl (C=O) groups is 3. The predicted molar refractivity (Wildman–Crippen MR) is 158 cm³/mol. The Morgan fingerprint density at radius 3 is 1.98 bits per heavy atom. The maximum atomic E-state index is 14.0. The minimum absolute atomic E-state index is 0.0581. The van der Waals surface area contributed by atoms with Crippen molar-refractivity contribution < 1.29 is 24.2 Å². The molecule has 0 saturated heterocycles. The van der Waals surface area contributed by atoms with Crippen LogP contribution in [0.5, 0.6) is 5.75 Å². The molecule has 0 saturated carbocycles. The van der Waals surface area contributed by atoms with Crippen molar-refractivity contribution in [2.24, 2.45) is 0 Å². The molecule has 8 heteroatoms. The Labute approximate surface area is 239 Å². The summed E-state index contributed by atoms with van der Waals surface area (Å²) in [5.41, 5.74) is 3.02. The highest BCUT2D eigenvalue weighted by atomic mass is 16.5. The first kappa shape index (κ1) is 29.0. The van der Waals surface area contributed by atoms with Gasteiger partial charge in [0.15, 0.2) is 0 Å². The van der Waals surface area contributed by atoms with Gasteiger partial charge in [-0.2, -0.15) is 0 Å². The summed E-state index contributed by atoms with van der Waals surface area (Å²) in [4.78, 5) is 46.3. The summed E-state index contributed by atoms with van der Waals surface area (Å²) < 4.78 is 5.51. The van der Waals surface area contributed by atoms with Crippen LogP contribution < -0.4 is 9.64 Å². The van der Waals surface area contributed by atoms with E-state index in [0.29, 0.717) is 47.6 Å². The molecular weight excluding hydrogens is 518 g/mol. The lowest BCUT2D eigenvalue weighted by Gasteiger charge is -2.24. The topological polar surface area (TPSA) is 100 Å². The summed E-state index contributed by atoms with van der Waals surface area (Å²) in [6.45, 7) is 2.88. The number of aromatic nitrogens is 1. The van der Waals surface area contributed by atoms with Crippen molar-refractivity contribution >= 4 is 23.6 Å². The van der Waals surface area contributed by atoms with Crippen LogP contribution in [-0.4, -0.2) is 59.5 Å². The van der Waals surface area contributed by atoms with Crippen LogP contribution in [0.3, 0.4) is 0 Å². The lowest BCUT2D eigenvalue weighted by atomic mass is 9.94. The van der Waals surface area contributed by atoms with Gasteiger partial charge < -0.3 is 14.7 Å². The molecule has 4 rings (SSSR count). The molecule has 0 spiro atoms. The van der Waals surface area contributed by atoms with Gasteiger partial charge in [0.25, 0.3) is 11.8 Å². The summed E-state index contributed by atoms with van der Waals surface area (Å²) in [7, 11) is 1.66. The SMILES string of the molecule is CCOc1ccc(CCN(CCC(=O)O)C(=O)c2ccccc2-c2ccccc2C(=O)N(C)c2ccccn2)cc1. The average Bonchev–Trinajstić information content (AvgIpc) is 3.01. The molecule has 1 aromatic heterocycles. The molecule has 0 aliphatic heterocycles. The van der Waals surface area contributed by atoms with E-state index < -0.39 is 5.97 Å². The monoisotopic (exact) mass is 551 g/mol. The Kier molecular flexibility index (Phi) is 9.83. The highest BCUT2D eigenvalue weighted by Crippen LogP contribution is 2.30. The van der Waals surface area contributed by atoms with E-state index >= 15 is 0 Å². The number of carbonyl (C=O) groups excluding carboxylic acids is 2. The van der Waals surface area contributed by atoms with Gasteiger partial charge in [-0.25, -0.2) is 4.98 Å². The third-order valence-electron chi connectivity index (χ3n) is 6.69. The van der Waals surface area contributed by atoms with Crippen LogP contribution in [-0.2, 0) is 11.2 Å². The number of hydrogen-bond donors (Lipinski definition) is 1. The summed E-state index contributed by atoms with van der Waals surface area (Å²) in [6, 6.07) is 27.2. The van der Waals surface area contributed by atoms with E-state index in [9.17, 15) is 19.5 Å². The lowest BCUT2D eigenvalue weighted by molar-refractivity contribution is -0.137. The quantitative estimate of drug-likeness (QED) is 0.247. The average molecular weight is 552 g/mol. The van der Waals surface area contributed by atoms with Crippen molar-refractivity contribution in [1.29, 1.82) is 0 Å². The molecule has 0 atom stereocenters. The van der Waals surface area contributed by atoms with E-state index in [1.807, 2.05) is 61.5 Å². The number of pyridine rings is 1. The molecule has 2 amide bonds. The molecule has 0 fully saturated rings. The van der Waals surface area contributed by atoms with Gasteiger partial charge in [0, 0.05) is 37.5 Å². The first-order chi connectivity index (χ1) is 19.9. The molecule has 1 heterocycles. The van der Waals surface area contributed by atoms with E-state index in [0.717, 1.165) is 11.3 Å². The van der Waals surface area contributed by atoms with E-state index in [2.05, 4.69) is 4.98 Å². The van der Waals surface area contributed by atoms with Crippen LogP contribution in [0.2, 0.25) is 0 Å². The number of anilines is 1. The summed E-state index contributed by atoms with van der Waals surface area (Å²) >= 11 is 0. The summed E-state index contributed by atoms with van der Waals surface area (Å²) in [5.74, 6) is -0.268. The normalized spacial score (nSPS) is 10.6. The fourth-order valence-corrected chi connectivity index (χ4v) is 4.54. The minimum atomic E-state index is -0.981. The number of nitrogens with zero attached hydrogens (tertiary/aromatic N) is 3. The van der Waals surface area contributed by atoms with Crippen LogP contribution in [0.15, 0.2) is 97.2 Å². The molecule has 1 N–H and O–H groups in total. The summed E-state index contributed by atoms with van der Waals surface area (Å²) in [6.07, 6.45) is 1.99. The highest BCUT2D eigenvalue weighted by molar-refractivity contribution is 6.11. The van der Waals surface area contributed by atoms with Gasteiger partial charge in [-0.3, -0.25) is 19.3 Å². The number of ether oxygens (including phenoxy) is 1. The number of aliphatic carboxylic acids is 1. The van der Waals surface area contributed by atoms with Crippen LogP contribution >= 0.6 is 0 Å². The Morgan fingerprint density at radius 2 is 1.39 bits per heavy atom. The van der Waals surface area contributed by atoms with Crippen molar-refractivity contribution in [1.82, 2.24) is 9.88 Å². The molecule has 0 unspecified atom stereocenters. The maximum absolute atomic E-state index is 14.0. The van der Waals surface area contributed by atoms with Crippen LogP contribution in [0.4, 0.5) is 5.82 Å². The zero-order chi connectivity index (χ0) is 29.2. The lowest BCUT2D eigenvalue weighted by Crippen LogP contribution is -2.35. The molecule has 0 bridgehead atoms. The van der Waals surface area contributed by atoms with Crippen molar-refractivity contribution in [3.8, 4) is 16.9 Å². The van der Waals surface area contributed by atoms with Crippen molar-refractivity contribution in [2.45, 2.75) is 19.8 Å². The largest absolute Gasteiger partial charge is 0.494 e. The second kappa shape index (κ2) is 13.9. The molecule has 4 aromatic rings. The van der Waals surface area contributed by atoms with Crippen LogP contribution in [0.1, 0.15) is 39.6 Å². The van der Waals surface area contributed by atoms with Crippen molar-refractivity contribution in [3.05, 3.63) is 114 Å². The molecule has 0 radical (unpaired) electrons. The molecule has 0 aliphatic carbocycles. The van der Waals surface area contributed by atoms with Gasteiger partial charge in [-0.15, -0.1) is 0 Å². The molecule has 3 aromatic carbocycles. The second-order valence-electron chi connectivity index (χ2n) is 9.41. The second-order valence-corrected chi connectivity index (χ2v) is 9.41. The highest BCUT2D eigenvalue weighted by Gasteiger charge is 2.24. The Hall–Kier alpha value is -4.98. The number of rotatable bonds is 12. The van der Waals surface area contributed by atoms with Gasteiger partial charge in [0.05, 0.1) is 13.0 Å². The summed E-state index contributed by atoms with van der Waals surface area (Å²) in [5, 5.41) is 9.36. The van der Waals surface area contributed by atoms with Gasteiger partial charge in [0.1, 0.15) is 11.6 Å². The molecule has 8 nitrogen and oxygen atoms in total. The first-order valence-electron chi connectivity index (χ1n) is 13.5. The molecule has 41 heavy (non-hydrogen) atoms. The van der Waals surface area contributed by atoms with E-state index in [4.69, 9.17) is 4.74 Å². The van der Waals surface area contributed by atoms with Crippen LogP contribution in [0.25, 0.3) is 11.1 Å². The number of carboxylic acids is 1. The van der Waals surface area contributed by atoms with Crippen molar-refractivity contribution in [2.75, 3.05) is 31.6 Å². The molecular formula is C33H33N3O5. The van der Waals surface area contributed by atoms with Gasteiger partial charge in [-0.05, 0) is 66.4 Å². The third kappa shape index (κ3) is 7.36. The number of benzene rings is 3. The smallest absolute Gasteiger partial charge is 0.305 e. The number of amides is 2. The predicted octanol–water partition coefficient (Wildman–Crippen LogP) is 5.58. The van der Waals surface area contributed by atoms with Gasteiger partial charge in [-0.1, -0.05) is 54.6 Å². The standard InChI is InChI=1S/C33H33N3O5/c1-3-41-25-17-15-24(16-18-25)19-22-36(23-20-31(37)38)33(40)29-13-7-5-11-27(29)26-10-4-6-12-28(26)32(39)35(2)30-14-8-9-21-34-30/h4-18,21H,3,19-20,22-23H2,1-2H3,(H,37,38). The zero-order valence-electron chi connectivity index (χ0n) is 23.2. The first-order valence-corrected chi connectivity index (χ1v) is 13.5. The zero-order valence-corrected chi connectivity index (χ0v) is 23.2. The van der Waals surface area contributed by atoms with Gasteiger partial charge >= 0.3 is 5.97 Å². The Bertz CT molecular complexity index is 1490. The van der Waals surface area contributed by atoms with Gasteiger partial charge in [0.2, 0.25) is 0 Å². The Morgan fingerprint density at radius 1 is 0.780 bits per heavy atom. The van der Waals surface area contributed by atoms with E-state index in [1.54, 1.807) is 54.5 Å². The maximum Gasteiger partial charge on any atom is 0.305 e. The number of hydrogen-bond acceptors (Lipinski definition) is 5. The molecule has 0 aliphatic rings. The Balaban J connectivity index is 1.63. The van der Waals surface area contributed by atoms with E-state index in [-0.39, 0.29) is 24.8 Å². The third-order valence-corrected chi connectivity index (χ3v) is 6.69. The fraction of sp³-hybridized carbons (Fsp3) is 0.212. The van der Waals surface area contributed by atoms with E-state index in [1.165, 1.54) is 4.90 Å². The van der Waals surface area contributed by atoms with Crippen LogP contribution in [0, 0.1) is 0 Å². The number of carboxylic acid groups (broad SMARTS) is 1.